The number of aliphatic hydroxyl groups excluding tert-OH is 3. The number of likely N-dealkylation sites (N-methyl/N-ethyl adjacent to an activating group) is 1. The number of pyridine rings is 1. The van der Waals surface area contributed by atoms with Crippen molar-refractivity contribution >= 4 is 11.7 Å². The van der Waals surface area contributed by atoms with Gasteiger partial charge >= 0.3 is 5.97 Å². The molecule has 0 amide bonds. The van der Waals surface area contributed by atoms with Crippen LogP contribution in [0.25, 0.3) is 11.1 Å². The van der Waals surface area contributed by atoms with E-state index in [0.717, 1.165) is 16.7 Å². The number of nitrogens with one attached hydrogen (secondary N) is 1. The lowest BCUT2D eigenvalue weighted by Crippen LogP contribution is -2.61. The van der Waals surface area contributed by atoms with E-state index in [1.54, 1.807) is 53.1 Å². The molecule has 0 bridgehead atoms. The number of ether oxygens (including phenoxy) is 9. The molecule has 81 heavy (non-hydrogen) atoms. The number of hydrogen-bond donors (Lipinski definition) is 5. The smallest absolute Gasteiger partial charge is 0.311 e. The Bertz CT molecular complexity index is 2520. The molecule has 456 valence electrons. The molecule has 20 atom stereocenters. The van der Waals surface area contributed by atoms with Gasteiger partial charge in [0.05, 0.1) is 59.0 Å². The number of carbonyl (C=O) groups is 1. The number of oxime groups is 1. The van der Waals surface area contributed by atoms with Crippen LogP contribution in [0.5, 0.6) is 0 Å². The number of cyclic esters (lactones) is 1. The molecule has 1 aromatic carbocycles. The quantitative estimate of drug-likeness (QED) is 0.0415. The zero-order valence-electron chi connectivity index (χ0n) is 49.9. The summed E-state index contributed by atoms with van der Waals surface area (Å²) >= 11 is 0. The highest BCUT2D eigenvalue weighted by Crippen LogP contribution is 2.42. The van der Waals surface area contributed by atoms with Crippen molar-refractivity contribution in [3.05, 3.63) is 70.4 Å². The van der Waals surface area contributed by atoms with E-state index in [4.69, 9.17) is 47.5 Å². The number of aromatic nitrogens is 4. The highest BCUT2D eigenvalue weighted by Gasteiger charge is 2.54. The molecule has 0 spiro atoms. The number of esters is 1. The molecular formula is C58H91FN6O16. The Labute approximate surface area is 475 Å². The molecule has 3 saturated heterocycles. The van der Waals surface area contributed by atoms with Crippen molar-refractivity contribution in [3.8, 4) is 11.1 Å². The molecule has 2 aromatic heterocycles. The van der Waals surface area contributed by atoms with Crippen LogP contribution in [-0.2, 0) is 58.7 Å². The number of benzene rings is 1. The monoisotopic (exact) mass is 1150 g/mol. The van der Waals surface area contributed by atoms with Gasteiger partial charge < -0.3 is 77.8 Å². The van der Waals surface area contributed by atoms with Crippen LogP contribution in [0, 0.1) is 23.7 Å². The first kappa shape index (κ1) is 65.8. The van der Waals surface area contributed by atoms with Gasteiger partial charge in [0.1, 0.15) is 42.7 Å². The molecule has 5 N–H and O–H groups in total. The highest BCUT2D eigenvalue weighted by molar-refractivity contribution is 5.88. The topological polar surface area (TPSA) is 269 Å². The van der Waals surface area contributed by atoms with Crippen LogP contribution < -0.4 is 5.56 Å². The minimum Gasteiger partial charge on any atom is -0.459 e. The molecular weight excluding hydrogens is 1060 g/mol. The lowest BCUT2D eigenvalue weighted by atomic mass is 9.73. The Morgan fingerprint density at radius 1 is 0.901 bits per heavy atom. The standard InChI is InChI=1S/C58H91FN6O16/c1-16-44-58(10,71)51(68)34(4)47(62-76-31-72-12)32(2)26-57(9,75-15)53(35(5)49(36(6)54(70)79-44)80-46-27-56(8,74-14)52(69)37(7)78-46)81-55-48(67)42(25-33(3)77-55)64(11)24-23-41-30-65(63-61-41)43(28-59)50(73-13)39-19-17-38(18-20-39)40-21-22-45(66)60-29-40/h17-22,29-30,32-37,42-44,46,48-53,55,67-69,71H,16,23-28,31H2,1-15H3,(H,60,66)/b62-47+/t32-,33-,34+,35+,36-,37+,42+,43-,44-,46+,48-,49+,50-,51-,52+,53-,55+,56-,57-,58-/m1/s1. The highest BCUT2D eigenvalue weighted by atomic mass is 19.1. The number of aliphatic hydroxyl groups is 4. The summed E-state index contributed by atoms with van der Waals surface area (Å²) in [6.45, 7) is 16.9. The molecule has 22 nitrogen and oxygen atoms in total. The molecule has 5 heterocycles. The molecule has 3 fully saturated rings. The van der Waals surface area contributed by atoms with Gasteiger partial charge in [-0.25, -0.2) is 9.07 Å². The normalized spacial score (nSPS) is 36.9. The third kappa shape index (κ3) is 15.1. The first-order chi connectivity index (χ1) is 38.3. The molecule has 6 rings (SSSR count). The minimum absolute atomic E-state index is 0.0776. The Kier molecular flexibility index (Phi) is 23.1. The van der Waals surface area contributed by atoms with Gasteiger partial charge in [0.15, 0.2) is 12.6 Å². The Hall–Kier alpha value is -4.34. The van der Waals surface area contributed by atoms with E-state index in [0.29, 0.717) is 30.8 Å². The summed E-state index contributed by atoms with van der Waals surface area (Å²) in [6.07, 6.45) is -6.75. The van der Waals surface area contributed by atoms with E-state index in [9.17, 15) is 34.4 Å². The van der Waals surface area contributed by atoms with E-state index >= 15 is 0 Å². The number of hydrogen-bond acceptors (Lipinski definition) is 20. The SMILES string of the molecule is CC[C@H]1OC(=O)[C@H](C)[C@@H](O[C@H]2C[C@@](C)(OC)[C@@H](O)[C@H](C)O2)[C@H](C)[C@@H](O[C@@H]2O[C@H](C)C[C@H](N(C)CCc3cn([C@H](CF)[C@H](OC)c4ccc(-c5ccc(=O)[nH]c5)cc4)nn3)[C@H]2O)[C@](C)(OC)C[C@@H](C)/C(=N\OCOC)[C@H](C)[C@@H](O)[C@]1(C)O. The van der Waals surface area contributed by atoms with Crippen LogP contribution in [0.2, 0.25) is 0 Å². The van der Waals surface area contributed by atoms with Gasteiger partial charge in [0, 0.05) is 90.1 Å². The Morgan fingerprint density at radius 3 is 2.19 bits per heavy atom. The van der Waals surface area contributed by atoms with Crippen LogP contribution in [0.15, 0.2) is 58.7 Å². The van der Waals surface area contributed by atoms with Gasteiger partial charge in [-0.2, -0.15) is 0 Å². The summed E-state index contributed by atoms with van der Waals surface area (Å²) in [6, 6.07) is 9.30. The molecule has 0 saturated carbocycles. The average Bonchev–Trinajstić information content (AvgIpc) is 3.95. The lowest BCUT2D eigenvalue weighted by molar-refractivity contribution is -0.319. The zero-order valence-corrected chi connectivity index (χ0v) is 49.9. The number of aromatic amines is 1. The van der Waals surface area contributed by atoms with Crippen molar-refractivity contribution < 1.29 is 77.1 Å². The first-order valence-corrected chi connectivity index (χ1v) is 28.2. The predicted molar refractivity (Wildman–Crippen MR) is 296 cm³/mol. The molecule has 3 aliphatic heterocycles. The van der Waals surface area contributed by atoms with Gasteiger partial charge in [-0.15, -0.1) is 5.10 Å². The van der Waals surface area contributed by atoms with Gasteiger partial charge in [0.2, 0.25) is 12.4 Å². The lowest BCUT2D eigenvalue weighted by Gasteiger charge is -2.50. The Balaban J connectivity index is 1.30. The molecule has 0 radical (unpaired) electrons. The molecule has 3 aliphatic rings. The molecule has 0 aliphatic carbocycles. The summed E-state index contributed by atoms with van der Waals surface area (Å²) in [5.74, 6) is -4.03. The Morgan fingerprint density at radius 2 is 1.58 bits per heavy atom. The summed E-state index contributed by atoms with van der Waals surface area (Å²) < 4.78 is 72.9. The van der Waals surface area contributed by atoms with Crippen LogP contribution in [-0.4, -0.2) is 197 Å². The van der Waals surface area contributed by atoms with Gasteiger partial charge in [-0.1, -0.05) is 62.3 Å². The van der Waals surface area contributed by atoms with Crippen molar-refractivity contribution in [2.45, 2.75) is 198 Å². The van der Waals surface area contributed by atoms with Crippen LogP contribution in [0.3, 0.4) is 0 Å². The number of H-pyrrole nitrogens is 1. The minimum atomic E-state index is -1.98. The fraction of sp³-hybridized carbons (Fsp3) is 0.741. The maximum atomic E-state index is 15.0. The van der Waals surface area contributed by atoms with Crippen LogP contribution in [0.1, 0.15) is 118 Å². The van der Waals surface area contributed by atoms with E-state index in [-0.39, 0.29) is 31.6 Å². The maximum Gasteiger partial charge on any atom is 0.311 e. The van der Waals surface area contributed by atoms with Crippen molar-refractivity contribution in [2.75, 3.05) is 55.5 Å². The van der Waals surface area contributed by atoms with Gasteiger partial charge in [0.25, 0.3) is 0 Å². The second kappa shape index (κ2) is 28.5. The van der Waals surface area contributed by atoms with Crippen molar-refractivity contribution in [1.82, 2.24) is 24.9 Å². The number of halogens is 1. The second-order valence-corrected chi connectivity index (χ2v) is 23.2. The van der Waals surface area contributed by atoms with E-state index in [1.165, 1.54) is 46.1 Å². The third-order valence-electron chi connectivity index (χ3n) is 17.3. The predicted octanol–water partition coefficient (Wildman–Crippen LogP) is 5.31. The third-order valence-corrected chi connectivity index (χ3v) is 17.3. The van der Waals surface area contributed by atoms with Crippen molar-refractivity contribution in [3.63, 3.8) is 0 Å². The number of nitrogens with zero attached hydrogens (tertiary/aromatic N) is 5. The maximum absolute atomic E-state index is 15.0. The van der Waals surface area contributed by atoms with Gasteiger partial charge in [-0.3, -0.25) is 9.59 Å². The van der Waals surface area contributed by atoms with E-state index in [2.05, 4.69) is 20.5 Å². The van der Waals surface area contributed by atoms with Crippen LogP contribution in [0.4, 0.5) is 4.39 Å². The number of carbonyl (C=O) groups excluding carboxylic acids is 1. The zero-order chi connectivity index (χ0) is 59.7. The molecule has 3 aromatic rings. The molecule has 23 heteroatoms. The second-order valence-electron chi connectivity index (χ2n) is 23.2. The van der Waals surface area contributed by atoms with Crippen molar-refractivity contribution in [2.24, 2.45) is 28.8 Å². The fourth-order valence-corrected chi connectivity index (χ4v) is 12.2. The average molecular weight is 1150 g/mol. The number of rotatable bonds is 20. The van der Waals surface area contributed by atoms with Crippen LogP contribution >= 0.6 is 0 Å². The summed E-state index contributed by atoms with van der Waals surface area (Å²) in [5.41, 5.74) is -1.24. The largest absolute Gasteiger partial charge is 0.459 e. The number of methoxy groups -OCH3 is 4. The summed E-state index contributed by atoms with van der Waals surface area (Å²) in [4.78, 5) is 36.6. The fourth-order valence-electron chi connectivity index (χ4n) is 12.2. The first-order valence-electron chi connectivity index (χ1n) is 28.2. The van der Waals surface area contributed by atoms with Crippen molar-refractivity contribution in [1.29, 1.82) is 0 Å². The van der Waals surface area contributed by atoms with E-state index in [1.807, 2.05) is 63.9 Å². The van der Waals surface area contributed by atoms with Gasteiger partial charge in [-0.05, 0) is 90.6 Å². The summed E-state index contributed by atoms with van der Waals surface area (Å²) in [7, 11) is 7.88. The molecule has 0 unspecified atom stereocenters. The summed E-state index contributed by atoms with van der Waals surface area (Å²) in [5, 5.41) is 61.1. The number of alkyl halides is 1. The van der Waals surface area contributed by atoms with E-state index < -0.39 is 133 Å².